The van der Waals surface area contributed by atoms with Crippen LogP contribution in [0.4, 0.5) is 5.69 Å². The van der Waals surface area contributed by atoms with Crippen molar-refractivity contribution in [1.82, 2.24) is 0 Å². The molecule has 22 heavy (non-hydrogen) atoms. The highest BCUT2D eigenvalue weighted by molar-refractivity contribution is 9.09. The van der Waals surface area contributed by atoms with E-state index in [0.717, 1.165) is 31.4 Å². The van der Waals surface area contributed by atoms with Crippen molar-refractivity contribution in [1.29, 1.82) is 0 Å². The lowest BCUT2D eigenvalue weighted by Crippen LogP contribution is -2.18. The lowest BCUT2D eigenvalue weighted by Gasteiger charge is -2.13. The van der Waals surface area contributed by atoms with Crippen LogP contribution >= 0.6 is 15.9 Å². The fraction of sp³-hybridized carbons (Fsp3) is 0.556. The summed E-state index contributed by atoms with van der Waals surface area (Å²) in [6.45, 7) is 4.35. The van der Waals surface area contributed by atoms with E-state index in [9.17, 15) is 9.59 Å². The number of Topliss-reactive ketones (excluding diaryl/α,β-unsaturated/α-hetero) is 1. The number of carbonyl (C=O) groups excluding carboxylic acids is 2. The Bertz CT molecular complexity index is 500. The van der Waals surface area contributed by atoms with Gasteiger partial charge >= 0.3 is 0 Å². The fourth-order valence-corrected chi connectivity index (χ4v) is 2.50. The molecule has 1 aromatic carbocycles. The van der Waals surface area contributed by atoms with Crippen LogP contribution in [0.25, 0.3) is 0 Å². The van der Waals surface area contributed by atoms with Crippen molar-refractivity contribution in [3.05, 3.63) is 29.3 Å². The molecule has 0 spiro atoms. The molecule has 0 heterocycles. The molecule has 4 heteroatoms. The summed E-state index contributed by atoms with van der Waals surface area (Å²) in [6.07, 6.45) is 6.53. The second-order valence-electron chi connectivity index (χ2n) is 5.60. The number of amides is 1. The lowest BCUT2D eigenvalue weighted by atomic mass is 10.00. The van der Waals surface area contributed by atoms with Crippen molar-refractivity contribution in [3.63, 3.8) is 0 Å². The second-order valence-corrected chi connectivity index (χ2v) is 6.16. The van der Waals surface area contributed by atoms with Gasteiger partial charge in [0.05, 0.1) is 11.8 Å². The van der Waals surface area contributed by atoms with Crippen LogP contribution in [-0.4, -0.2) is 17.0 Å². The molecule has 0 radical (unpaired) electrons. The number of anilines is 1. The summed E-state index contributed by atoms with van der Waals surface area (Å²) < 4.78 is 0. The molecule has 0 aliphatic rings. The maximum Gasteiger partial charge on any atom is 0.231 e. The molecule has 0 atom stereocenters. The number of ketones is 1. The van der Waals surface area contributed by atoms with Crippen LogP contribution in [0.15, 0.2) is 18.2 Å². The zero-order valence-electron chi connectivity index (χ0n) is 13.6. The molecule has 0 aromatic heterocycles. The van der Waals surface area contributed by atoms with E-state index in [1.54, 1.807) is 0 Å². The highest BCUT2D eigenvalue weighted by atomic mass is 79.9. The van der Waals surface area contributed by atoms with E-state index >= 15 is 0 Å². The van der Waals surface area contributed by atoms with E-state index in [1.165, 1.54) is 24.0 Å². The molecule has 0 aliphatic heterocycles. The maximum atomic E-state index is 11.9. The summed E-state index contributed by atoms with van der Waals surface area (Å²) in [5.74, 6) is -0.337. The van der Waals surface area contributed by atoms with Crippen molar-refractivity contribution in [3.8, 4) is 0 Å². The first-order chi connectivity index (χ1) is 10.6. The average molecular weight is 368 g/mol. The SMILES string of the molecule is CCCCc1ccc(NC(=O)CC(=O)CBr)c(CCCC)c1. The van der Waals surface area contributed by atoms with Gasteiger partial charge in [0.15, 0.2) is 5.78 Å². The molecule has 1 amide bonds. The second kappa shape index (κ2) is 10.5. The number of hydrogen-bond donors (Lipinski definition) is 1. The summed E-state index contributed by atoms with van der Waals surface area (Å²) in [5.41, 5.74) is 3.35. The summed E-state index contributed by atoms with van der Waals surface area (Å²) in [4.78, 5) is 23.2. The lowest BCUT2D eigenvalue weighted by molar-refractivity contribution is -0.123. The molecule has 1 aromatic rings. The smallest absolute Gasteiger partial charge is 0.231 e. The van der Waals surface area contributed by atoms with Gasteiger partial charge in [-0.15, -0.1) is 0 Å². The van der Waals surface area contributed by atoms with Gasteiger partial charge in [0.1, 0.15) is 0 Å². The zero-order valence-corrected chi connectivity index (χ0v) is 15.2. The molecular formula is C18H26BrNO2. The van der Waals surface area contributed by atoms with Crippen LogP contribution in [0.2, 0.25) is 0 Å². The average Bonchev–Trinajstić information content (AvgIpc) is 2.52. The number of nitrogens with one attached hydrogen (secondary N) is 1. The third kappa shape index (κ3) is 6.73. The Kier molecular flexibility index (Phi) is 9.05. The molecule has 122 valence electrons. The molecule has 0 unspecified atom stereocenters. The van der Waals surface area contributed by atoms with Gasteiger partial charge in [-0.25, -0.2) is 0 Å². The van der Waals surface area contributed by atoms with E-state index in [1.807, 2.05) is 6.07 Å². The number of halogens is 1. The van der Waals surface area contributed by atoms with E-state index < -0.39 is 0 Å². The largest absolute Gasteiger partial charge is 0.325 e. The van der Waals surface area contributed by atoms with Gasteiger partial charge in [0.2, 0.25) is 5.91 Å². The van der Waals surface area contributed by atoms with Crippen molar-refractivity contribution in [2.45, 2.75) is 58.8 Å². The quantitative estimate of drug-likeness (QED) is 0.482. The van der Waals surface area contributed by atoms with Gasteiger partial charge in [0.25, 0.3) is 0 Å². The first-order valence-corrected chi connectivity index (χ1v) is 9.22. The number of hydrogen-bond acceptors (Lipinski definition) is 2. The zero-order chi connectivity index (χ0) is 16.4. The Morgan fingerprint density at radius 3 is 2.41 bits per heavy atom. The molecule has 0 aliphatic carbocycles. The highest BCUT2D eigenvalue weighted by Crippen LogP contribution is 2.21. The third-order valence-corrected chi connectivity index (χ3v) is 4.19. The van der Waals surface area contributed by atoms with Crippen molar-refractivity contribution >= 4 is 33.3 Å². The Morgan fingerprint density at radius 2 is 1.77 bits per heavy atom. The summed E-state index contributed by atoms with van der Waals surface area (Å²) in [7, 11) is 0. The standard InChI is InChI=1S/C18H26BrNO2/c1-3-5-7-14-9-10-17(15(11-14)8-6-4-2)20-18(22)12-16(21)13-19/h9-11H,3-8,12-13H2,1-2H3,(H,20,22). The number of benzene rings is 1. The van der Waals surface area contributed by atoms with Crippen molar-refractivity contribution in [2.24, 2.45) is 0 Å². The topological polar surface area (TPSA) is 46.2 Å². The molecule has 0 fully saturated rings. The van der Waals surface area contributed by atoms with E-state index in [-0.39, 0.29) is 23.4 Å². The van der Waals surface area contributed by atoms with Crippen molar-refractivity contribution < 1.29 is 9.59 Å². The monoisotopic (exact) mass is 367 g/mol. The first kappa shape index (κ1) is 18.9. The Morgan fingerprint density at radius 1 is 1.09 bits per heavy atom. The van der Waals surface area contributed by atoms with Gasteiger partial charge in [-0.2, -0.15) is 0 Å². The van der Waals surface area contributed by atoms with Crippen LogP contribution in [0.1, 0.15) is 57.1 Å². The minimum atomic E-state index is -0.233. The number of carbonyl (C=O) groups is 2. The molecule has 1 N–H and O–H groups in total. The maximum absolute atomic E-state index is 11.9. The van der Waals surface area contributed by atoms with Gasteiger partial charge < -0.3 is 5.32 Å². The number of rotatable bonds is 10. The molecule has 0 saturated heterocycles. The summed E-state index contributed by atoms with van der Waals surface area (Å²) in [6, 6.07) is 6.26. The van der Waals surface area contributed by atoms with Crippen LogP contribution in [0, 0.1) is 0 Å². The first-order valence-electron chi connectivity index (χ1n) is 8.10. The minimum absolute atomic E-state index is 0.0734. The van der Waals surface area contributed by atoms with Crippen LogP contribution < -0.4 is 5.32 Å². The molecular weight excluding hydrogens is 342 g/mol. The van der Waals surface area contributed by atoms with Crippen LogP contribution in [0.5, 0.6) is 0 Å². The number of aryl methyl sites for hydroxylation is 2. The van der Waals surface area contributed by atoms with Crippen LogP contribution in [-0.2, 0) is 22.4 Å². The Hall–Kier alpha value is -1.16. The van der Waals surface area contributed by atoms with E-state index in [2.05, 4.69) is 47.2 Å². The number of unbranched alkanes of at least 4 members (excludes halogenated alkanes) is 2. The van der Waals surface area contributed by atoms with E-state index in [0.29, 0.717) is 0 Å². The van der Waals surface area contributed by atoms with E-state index in [4.69, 9.17) is 0 Å². The van der Waals surface area contributed by atoms with Crippen molar-refractivity contribution in [2.75, 3.05) is 10.6 Å². The van der Waals surface area contributed by atoms with Gasteiger partial charge in [-0.05, 0) is 42.9 Å². The molecule has 1 rings (SSSR count). The predicted octanol–water partition coefficient (Wildman–Crippen LogP) is 4.66. The van der Waals surface area contributed by atoms with Gasteiger partial charge in [0, 0.05) is 5.69 Å². The normalized spacial score (nSPS) is 10.5. The molecule has 3 nitrogen and oxygen atoms in total. The Balaban J connectivity index is 2.82. The van der Waals surface area contributed by atoms with Gasteiger partial charge in [-0.1, -0.05) is 54.8 Å². The predicted molar refractivity (Wildman–Crippen MR) is 95.7 cm³/mol. The molecule has 0 saturated carbocycles. The third-order valence-electron chi connectivity index (χ3n) is 3.57. The number of alkyl halides is 1. The van der Waals surface area contributed by atoms with Crippen LogP contribution in [0.3, 0.4) is 0 Å². The summed E-state index contributed by atoms with van der Waals surface area (Å²) in [5, 5.41) is 3.11. The highest BCUT2D eigenvalue weighted by Gasteiger charge is 2.11. The van der Waals surface area contributed by atoms with Gasteiger partial charge in [-0.3, -0.25) is 9.59 Å². The fourth-order valence-electron chi connectivity index (χ4n) is 2.30. The summed E-state index contributed by atoms with van der Waals surface area (Å²) >= 11 is 3.08. The minimum Gasteiger partial charge on any atom is -0.325 e. The molecule has 0 bridgehead atoms. The Labute approximate surface area is 142 Å².